The lowest BCUT2D eigenvalue weighted by molar-refractivity contribution is 0.0601. The third kappa shape index (κ3) is 1.60. The monoisotopic (exact) mass is 233 g/mol. The summed E-state index contributed by atoms with van der Waals surface area (Å²) in [5.41, 5.74) is 7.48. The number of hydrogen-bond acceptors (Lipinski definition) is 4. The fourth-order valence-corrected chi connectivity index (χ4v) is 2.90. The van der Waals surface area contributed by atoms with E-state index in [0.717, 1.165) is 24.8 Å². The van der Waals surface area contributed by atoms with Crippen LogP contribution in [0.1, 0.15) is 27.2 Å². The zero-order chi connectivity index (χ0) is 9.42. The van der Waals surface area contributed by atoms with Crippen molar-refractivity contribution in [1.82, 2.24) is 0 Å². The van der Waals surface area contributed by atoms with Crippen LogP contribution in [0, 0.1) is 0 Å². The number of carbonyl (C=O) groups is 1. The average molecular weight is 234 g/mol. The van der Waals surface area contributed by atoms with Gasteiger partial charge in [-0.25, -0.2) is 4.79 Å². The molecule has 1 aromatic rings. The lowest BCUT2D eigenvalue weighted by Gasteiger charge is -1.99. The van der Waals surface area contributed by atoms with E-state index in [1.165, 1.54) is 23.3 Å². The molecular weight excluding hydrogens is 222 g/mol. The van der Waals surface area contributed by atoms with Crippen molar-refractivity contribution >= 4 is 34.7 Å². The third-order valence-electron chi connectivity index (χ3n) is 2.34. The van der Waals surface area contributed by atoms with Crippen molar-refractivity contribution in [3.63, 3.8) is 0 Å². The molecule has 0 atom stereocenters. The lowest BCUT2D eigenvalue weighted by Crippen LogP contribution is -2.05. The molecule has 78 valence electrons. The summed E-state index contributed by atoms with van der Waals surface area (Å²) in [6.07, 6.45) is 3.15. The van der Waals surface area contributed by atoms with Crippen molar-refractivity contribution < 1.29 is 9.53 Å². The van der Waals surface area contributed by atoms with Gasteiger partial charge in [-0.15, -0.1) is 23.7 Å². The van der Waals surface area contributed by atoms with Crippen LogP contribution < -0.4 is 5.73 Å². The highest BCUT2D eigenvalue weighted by molar-refractivity contribution is 7.16. The molecule has 0 saturated heterocycles. The zero-order valence-corrected chi connectivity index (χ0v) is 9.46. The first-order valence-electron chi connectivity index (χ1n) is 4.22. The van der Waals surface area contributed by atoms with Crippen LogP contribution in [-0.4, -0.2) is 13.1 Å². The summed E-state index contributed by atoms with van der Waals surface area (Å²) in [6, 6.07) is 0. The van der Waals surface area contributed by atoms with Crippen molar-refractivity contribution in [2.75, 3.05) is 12.8 Å². The molecule has 3 nitrogen and oxygen atoms in total. The molecule has 2 rings (SSSR count). The number of carbonyl (C=O) groups excluding carboxylic acids is 1. The highest BCUT2D eigenvalue weighted by atomic mass is 35.5. The van der Waals surface area contributed by atoms with Crippen LogP contribution >= 0.6 is 23.7 Å². The number of ether oxygens (including phenoxy) is 1. The SMILES string of the molecule is COC(=O)c1c(N)sc2c1CCC2.Cl. The smallest absolute Gasteiger partial charge is 0.341 e. The van der Waals surface area contributed by atoms with E-state index in [4.69, 9.17) is 5.73 Å². The van der Waals surface area contributed by atoms with Crippen LogP contribution in [-0.2, 0) is 17.6 Å². The van der Waals surface area contributed by atoms with Crippen molar-refractivity contribution in [3.05, 3.63) is 16.0 Å². The maximum Gasteiger partial charge on any atom is 0.341 e. The largest absolute Gasteiger partial charge is 0.465 e. The highest BCUT2D eigenvalue weighted by Crippen LogP contribution is 2.37. The van der Waals surface area contributed by atoms with Gasteiger partial charge < -0.3 is 10.5 Å². The van der Waals surface area contributed by atoms with Gasteiger partial charge in [-0.2, -0.15) is 0 Å². The minimum atomic E-state index is -0.295. The number of thiophene rings is 1. The third-order valence-corrected chi connectivity index (χ3v) is 3.46. The van der Waals surface area contributed by atoms with E-state index in [1.54, 1.807) is 0 Å². The van der Waals surface area contributed by atoms with E-state index in [2.05, 4.69) is 4.74 Å². The second-order valence-electron chi connectivity index (χ2n) is 3.09. The molecule has 0 unspecified atom stereocenters. The Morgan fingerprint density at radius 3 is 2.86 bits per heavy atom. The maximum atomic E-state index is 11.4. The van der Waals surface area contributed by atoms with E-state index >= 15 is 0 Å². The van der Waals surface area contributed by atoms with Crippen molar-refractivity contribution in [3.8, 4) is 0 Å². The van der Waals surface area contributed by atoms with E-state index in [9.17, 15) is 4.79 Å². The fourth-order valence-electron chi connectivity index (χ4n) is 1.75. The predicted molar refractivity (Wildman–Crippen MR) is 59.3 cm³/mol. The van der Waals surface area contributed by atoms with Crippen LogP contribution in [0.15, 0.2) is 0 Å². The maximum absolute atomic E-state index is 11.4. The minimum absolute atomic E-state index is 0. The van der Waals surface area contributed by atoms with Crippen LogP contribution in [0.5, 0.6) is 0 Å². The number of hydrogen-bond donors (Lipinski definition) is 1. The van der Waals surface area contributed by atoms with Gasteiger partial charge in [0, 0.05) is 4.88 Å². The number of esters is 1. The Morgan fingerprint density at radius 1 is 1.50 bits per heavy atom. The second kappa shape index (κ2) is 4.19. The molecule has 0 amide bonds. The summed E-state index contributed by atoms with van der Waals surface area (Å²) in [6.45, 7) is 0. The molecule has 0 aliphatic heterocycles. The minimum Gasteiger partial charge on any atom is -0.465 e. The van der Waals surface area contributed by atoms with Gasteiger partial charge in [0.15, 0.2) is 0 Å². The van der Waals surface area contributed by atoms with Gasteiger partial charge >= 0.3 is 5.97 Å². The number of nitrogen functional groups attached to an aromatic ring is 1. The number of anilines is 1. The van der Waals surface area contributed by atoms with Gasteiger partial charge in [0.2, 0.25) is 0 Å². The quantitative estimate of drug-likeness (QED) is 0.756. The second-order valence-corrected chi connectivity index (χ2v) is 4.22. The molecule has 0 spiro atoms. The number of fused-ring (bicyclic) bond motifs is 1. The summed E-state index contributed by atoms with van der Waals surface area (Å²) in [5, 5.41) is 0.608. The van der Waals surface area contributed by atoms with Gasteiger partial charge in [-0.3, -0.25) is 0 Å². The Bertz CT molecular complexity index is 362. The van der Waals surface area contributed by atoms with Gasteiger partial charge in [0.05, 0.1) is 12.7 Å². The molecule has 0 radical (unpaired) electrons. The number of nitrogens with two attached hydrogens (primary N) is 1. The van der Waals surface area contributed by atoms with Crippen molar-refractivity contribution in [2.45, 2.75) is 19.3 Å². The first kappa shape index (κ1) is 11.3. The number of aryl methyl sites for hydroxylation is 1. The van der Waals surface area contributed by atoms with Crippen molar-refractivity contribution in [1.29, 1.82) is 0 Å². The standard InChI is InChI=1S/C9H11NO2S.ClH/c1-12-9(11)7-5-3-2-4-6(5)13-8(7)10;/h2-4,10H2,1H3;1H. The Balaban J connectivity index is 0.000000980. The molecule has 0 aromatic carbocycles. The van der Waals surface area contributed by atoms with Crippen molar-refractivity contribution in [2.24, 2.45) is 0 Å². The Labute approximate surface area is 92.7 Å². The molecule has 1 heterocycles. The number of rotatable bonds is 1. The van der Waals surface area contributed by atoms with Gasteiger partial charge in [0.25, 0.3) is 0 Å². The summed E-state index contributed by atoms with van der Waals surface area (Å²) in [4.78, 5) is 12.6. The van der Waals surface area contributed by atoms with E-state index in [-0.39, 0.29) is 18.4 Å². The van der Waals surface area contributed by atoms with Crippen LogP contribution in [0.2, 0.25) is 0 Å². The first-order chi connectivity index (χ1) is 6.24. The highest BCUT2D eigenvalue weighted by Gasteiger charge is 2.25. The van der Waals surface area contributed by atoms with E-state index < -0.39 is 0 Å². The van der Waals surface area contributed by atoms with Crippen LogP contribution in [0.3, 0.4) is 0 Å². The van der Waals surface area contributed by atoms with Gasteiger partial charge in [0.1, 0.15) is 5.00 Å². The molecule has 5 heteroatoms. The molecule has 0 saturated carbocycles. The van der Waals surface area contributed by atoms with Crippen LogP contribution in [0.4, 0.5) is 5.00 Å². The van der Waals surface area contributed by atoms with E-state index in [0.29, 0.717) is 10.6 Å². The Morgan fingerprint density at radius 2 is 2.21 bits per heavy atom. The molecule has 14 heavy (non-hydrogen) atoms. The Kier molecular flexibility index (Phi) is 3.39. The normalized spacial score (nSPS) is 13.2. The molecule has 0 fully saturated rings. The predicted octanol–water partition coefficient (Wildman–Crippen LogP) is 2.03. The molecule has 2 N–H and O–H groups in total. The lowest BCUT2D eigenvalue weighted by atomic mass is 10.1. The Hall–Kier alpha value is -0.740. The molecule has 1 aliphatic carbocycles. The first-order valence-corrected chi connectivity index (χ1v) is 5.04. The summed E-state index contributed by atoms with van der Waals surface area (Å²) < 4.78 is 4.69. The average Bonchev–Trinajstić information content (AvgIpc) is 2.62. The number of halogens is 1. The molecule has 1 aliphatic rings. The van der Waals surface area contributed by atoms with E-state index in [1.807, 2.05) is 0 Å². The summed E-state index contributed by atoms with van der Waals surface area (Å²) in [5.74, 6) is -0.295. The summed E-state index contributed by atoms with van der Waals surface area (Å²) >= 11 is 1.52. The van der Waals surface area contributed by atoms with Gasteiger partial charge in [-0.05, 0) is 24.8 Å². The number of methoxy groups -OCH3 is 1. The topological polar surface area (TPSA) is 52.3 Å². The molecule has 0 bridgehead atoms. The fraction of sp³-hybridized carbons (Fsp3) is 0.444. The molecular formula is C9H12ClNO2S. The van der Waals surface area contributed by atoms with Crippen LogP contribution in [0.25, 0.3) is 0 Å². The molecule has 1 aromatic heterocycles. The summed E-state index contributed by atoms with van der Waals surface area (Å²) in [7, 11) is 1.39. The van der Waals surface area contributed by atoms with Gasteiger partial charge in [-0.1, -0.05) is 0 Å². The zero-order valence-electron chi connectivity index (χ0n) is 7.83.